The van der Waals surface area contributed by atoms with Crippen molar-refractivity contribution in [1.29, 1.82) is 0 Å². The zero-order valence-corrected chi connectivity index (χ0v) is 12.9. The summed E-state index contributed by atoms with van der Waals surface area (Å²) in [6.45, 7) is 0. The Bertz CT molecular complexity index is 859. The van der Waals surface area contributed by atoms with E-state index in [0.717, 1.165) is 0 Å². The highest BCUT2D eigenvalue weighted by Gasteiger charge is 2.12. The Kier molecular flexibility index (Phi) is 4.10. The standard InChI is InChI=1S/C12H8BrN7O3/c13-10-5-7(20(21)22)1-3-9(10)11-4-2-8(23-11)6-14-15-12-16-18-19-17-12/h1-6H,(H2,15,16,17,18,19). The first-order valence-corrected chi connectivity index (χ1v) is 6.99. The molecule has 0 aliphatic carbocycles. The fraction of sp³-hybridized carbons (Fsp3) is 0. The number of hydrogen-bond donors (Lipinski definition) is 2. The van der Waals surface area contributed by atoms with E-state index in [-0.39, 0.29) is 11.6 Å². The molecule has 0 aliphatic heterocycles. The lowest BCUT2D eigenvalue weighted by molar-refractivity contribution is -0.384. The molecule has 0 unspecified atom stereocenters. The summed E-state index contributed by atoms with van der Waals surface area (Å²) in [6.07, 6.45) is 1.44. The van der Waals surface area contributed by atoms with Gasteiger partial charge < -0.3 is 4.42 Å². The van der Waals surface area contributed by atoms with Crippen LogP contribution in [0.3, 0.4) is 0 Å². The highest BCUT2D eigenvalue weighted by atomic mass is 79.9. The van der Waals surface area contributed by atoms with Crippen molar-refractivity contribution in [2.45, 2.75) is 0 Å². The predicted octanol–water partition coefficient (Wildman–Crippen LogP) is 2.58. The second-order valence-electron chi connectivity index (χ2n) is 4.23. The summed E-state index contributed by atoms with van der Waals surface area (Å²) in [5, 5.41) is 27.6. The van der Waals surface area contributed by atoms with Crippen LogP contribution < -0.4 is 5.43 Å². The number of benzene rings is 1. The summed E-state index contributed by atoms with van der Waals surface area (Å²) >= 11 is 3.30. The fourth-order valence-corrected chi connectivity index (χ4v) is 2.31. The van der Waals surface area contributed by atoms with Gasteiger partial charge in [0.15, 0.2) is 0 Å². The number of anilines is 1. The van der Waals surface area contributed by atoms with Crippen molar-refractivity contribution < 1.29 is 9.34 Å². The Morgan fingerprint density at radius 1 is 1.39 bits per heavy atom. The van der Waals surface area contributed by atoms with Crippen LogP contribution in [0.1, 0.15) is 5.76 Å². The maximum absolute atomic E-state index is 10.7. The summed E-state index contributed by atoms with van der Waals surface area (Å²) in [4.78, 5) is 10.3. The quantitative estimate of drug-likeness (QED) is 0.396. The van der Waals surface area contributed by atoms with Gasteiger partial charge in [-0.05, 0) is 39.3 Å². The molecule has 0 saturated heterocycles. The van der Waals surface area contributed by atoms with Crippen LogP contribution in [0, 0.1) is 10.1 Å². The molecule has 0 bridgehead atoms. The Labute approximate surface area is 136 Å². The van der Waals surface area contributed by atoms with Crippen molar-refractivity contribution in [2.75, 3.05) is 5.43 Å². The van der Waals surface area contributed by atoms with Gasteiger partial charge in [0.25, 0.3) is 11.6 Å². The number of hydrogen-bond acceptors (Lipinski definition) is 8. The third kappa shape index (κ3) is 3.40. The van der Waals surface area contributed by atoms with E-state index in [0.29, 0.717) is 21.6 Å². The van der Waals surface area contributed by atoms with Crippen molar-refractivity contribution in [2.24, 2.45) is 5.10 Å². The van der Waals surface area contributed by atoms with Crippen molar-refractivity contribution in [3.63, 3.8) is 0 Å². The van der Waals surface area contributed by atoms with Crippen LogP contribution in [0.15, 0.2) is 44.3 Å². The average molecular weight is 378 g/mol. The average Bonchev–Trinajstić information content (AvgIpc) is 3.19. The summed E-state index contributed by atoms with van der Waals surface area (Å²) < 4.78 is 6.18. The largest absolute Gasteiger partial charge is 0.455 e. The monoisotopic (exact) mass is 377 g/mol. The van der Waals surface area contributed by atoms with Crippen molar-refractivity contribution >= 4 is 33.8 Å². The lowest BCUT2D eigenvalue weighted by atomic mass is 10.1. The number of non-ortho nitro benzene ring substituents is 1. The number of tetrazole rings is 1. The highest BCUT2D eigenvalue weighted by molar-refractivity contribution is 9.10. The van der Waals surface area contributed by atoms with Crippen molar-refractivity contribution in [3.8, 4) is 11.3 Å². The van der Waals surface area contributed by atoms with Crippen LogP contribution in [0.25, 0.3) is 11.3 Å². The van der Waals surface area contributed by atoms with E-state index in [1.54, 1.807) is 18.2 Å². The van der Waals surface area contributed by atoms with Gasteiger partial charge in [0.05, 0.1) is 11.1 Å². The van der Waals surface area contributed by atoms with E-state index in [2.05, 4.69) is 47.1 Å². The Hall–Kier alpha value is -3.08. The third-order valence-electron chi connectivity index (χ3n) is 2.76. The van der Waals surface area contributed by atoms with Crippen LogP contribution >= 0.6 is 15.9 Å². The van der Waals surface area contributed by atoms with Gasteiger partial charge in [-0.15, -0.1) is 5.10 Å². The topological polar surface area (TPSA) is 135 Å². The normalized spacial score (nSPS) is 11.0. The van der Waals surface area contributed by atoms with Crippen molar-refractivity contribution in [3.05, 3.63) is 50.7 Å². The maximum Gasteiger partial charge on any atom is 0.283 e. The Morgan fingerprint density at radius 3 is 2.96 bits per heavy atom. The molecule has 0 aliphatic rings. The molecule has 2 N–H and O–H groups in total. The highest BCUT2D eigenvalue weighted by Crippen LogP contribution is 2.32. The predicted molar refractivity (Wildman–Crippen MR) is 83.9 cm³/mol. The molecule has 0 amide bonds. The smallest absolute Gasteiger partial charge is 0.283 e. The number of nitro benzene ring substituents is 1. The van der Waals surface area contributed by atoms with Crippen LogP contribution in [-0.2, 0) is 0 Å². The number of hydrazone groups is 1. The number of nitro groups is 1. The van der Waals surface area contributed by atoms with Crippen LogP contribution in [0.4, 0.5) is 11.6 Å². The molecule has 3 aromatic rings. The number of nitrogens with zero attached hydrogens (tertiary/aromatic N) is 5. The van der Waals surface area contributed by atoms with Gasteiger partial charge in [-0.25, -0.2) is 5.43 Å². The molecular weight excluding hydrogens is 370 g/mol. The minimum Gasteiger partial charge on any atom is -0.455 e. The van der Waals surface area contributed by atoms with Gasteiger partial charge in [-0.1, -0.05) is 5.10 Å². The van der Waals surface area contributed by atoms with Crippen LogP contribution in [0.5, 0.6) is 0 Å². The maximum atomic E-state index is 10.7. The molecule has 0 spiro atoms. The van der Waals surface area contributed by atoms with E-state index in [4.69, 9.17) is 4.42 Å². The lowest BCUT2D eigenvalue weighted by Gasteiger charge is -2.00. The SMILES string of the molecule is O=[N+]([O-])c1ccc(-c2ccc(C=NNc3nn[nH]n3)o2)c(Br)c1. The minimum absolute atomic E-state index is 0.00159. The Balaban J connectivity index is 1.76. The molecule has 10 nitrogen and oxygen atoms in total. The van der Waals surface area contributed by atoms with E-state index in [1.165, 1.54) is 18.3 Å². The summed E-state index contributed by atoms with van der Waals surface area (Å²) in [5.74, 6) is 1.26. The number of furan rings is 1. The van der Waals surface area contributed by atoms with E-state index < -0.39 is 4.92 Å². The van der Waals surface area contributed by atoms with Crippen LogP contribution in [0.2, 0.25) is 0 Å². The second kappa shape index (κ2) is 6.36. The summed E-state index contributed by atoms with van der Waals surface area (Å²) in [6, 6.07) is 7.89. The van der Waals surface area contributed by atoms with Crippen molar-refractivity contribution in [1.82, 2.24) is 20.6 Å². The number of nitrogens with one attached hydrogen (secondary N) is 2. The van der Waals surface area contributed by atoms with Gasteiger partial charge in [-0.2, -0.15) is 10.3 Å². The Morgan fingerprint density at radius 2 is 2.26 bits per heavy atom. The van der Waals surface area contributed by atoms with E-state index >= 15 is 0 Å². The molecule has 2 aromatic heterocycles. The molecule has 0 radical (unpaired) electrons. The first kappa shape index (κ1) is 14.8. The molecule has 1 aromatic carbocycles. The van der Waals surface area contributed by atoms with Crippen LogP contribution in [-0.4, -0.2) is 31.8 Å². The molecule has 3 rings (SSSR count). The number of aromatic nitrogens is 4. The van der Waals surface area contributed by atoms with Gasteiger partial charge in [0, 0.05) is 22.2 Å². The zero-order chi connectivity index (χ0) is 16.2. The fourth-order valence-electron chi connectivity index (χ4n) is 1.75. The summed E-state index contributed by atoms with van der Waals surface area (Å²) in [5.41, 5.74) is 3.26. The molecular formula is C12H8BrN7O3. The number of H-pyrrole nitrogens is 1. The number of halogens is 1. The molecule has 0 saturated carbocycles. The molecule has 0 fully saturated rings. The second-order valence-corrected chi connectivity index (χ2v) is 5.08. The molecule has 116 valence electrons. The third-order valence-corrected chi connectivity index (χ3v) is 3.41. The van der Waals surface area contributed by atoms with Gasteiger partial charge in [0.1, 0.15) is 11.5 Å². The molecule has 23 heavy (non-hydrogen) atoms. The van der Waals surface area contributed by atoms with E-state index in [9.17, 15) is 10.1 Å². The zero-order valence-electron chi connectivity index (χ0n) is 11.3. The van der Waals surface area contributed by atoms with Gasteiger partial charge in [0.2, 0.25) is 0 Å². The molecule has 11 heteroatoms. The molecule has 0 atom stereocenters. The first-order valence-electron chi connectivity index (χ1n) is 6.20. The first-order chi connectivity index (χ1) is 11.1. The van der Waals surface area contributed by atoms with E-state index in [1.807, 2.05) is 0 Å². The number of aromatic amines is 1. The minimum atomic E-state index is -0.460. The van der Waals surface area contributed by atoms with Gasteiger partial charge in [-0.3, -0.25) is 10.1 Å². The molecule has 2 heterocycles. The lowest BCUT2D eigenvalue weighted by Crippen LogP contribution is -1.91. The summed E-state index contributed by atoms with van der Waals surface area (Å²) in [7, 11) is 0. The van der Waals surface area contributed by atoms with Gasteiger partial charge >= 0.3 is 0 Å². The number of rotatable bonds is 5.